The third-order valence-corrected chi connectivity index (χ3v) is 6.19. The smallest absolute Gasteiger partial charge is 0.362 e. The Morgan fingerprint density at radius 1 is 1.27 bits per heavy atom. The minimum atomic E-state index is -4.49. The quantitative estimate of drug-likeness (QED) is 0.690. The van der Waals surface area contributed by atoms with Gasteiger partial charge in [0.05, 0.1) is 0 Å². The Labute approximate surface area is 159 Å². The molecule has 0 amide bonds. The van der Waals surface area contributed by atoms with Crippen LogP contribution in [-0.4, -0.2) is 37.0 Å². The molecule has 26 heavy (non-hydrogen) atoms. The number of thiophene rings is 1. The Hall–Kier alpha value is -1.41. The number of rotatable bonds is 8. The Bertz CT molecular complexity index is 818. The normalized spacial score (nSPS) is 17.3. The molecule has 1 aromatic carbocycles. The van der Waals surface area contributed by atoms with E-state index >= 15 is 0 Å². The molecule has 7 heteroatoms. The second kappa shape index (κ2) is 8.52. The molecule has 0 saturated carbocycles. The lowest BCUT2D eigenvalue weighted by atomic mass is 9.86. The first-order chi connectivity index (χ1) is 12.5. The van der Waals surface area contributed by atoms with Gasteiger partial charge in [-0.15, -0.1) is 11.3 Å². The maximum Gasteiger partial charge on any atom is 0.446 e. The Balaban J connectivity index is 1.72. The van der Waals surface area contributed by atoms with Gasteiger partial charge in [-0.05, 0) is 67.3 Å². The van der Waals surface area contributed by atoms with Crippen LogP contribution < -0.4 is 4.18 Å². The van der Waals surface area contributed by atoms with Gasteiger partial charge in [-0.3, -0.25) is 9.45 Å². The van der Waals surface area contributed by atoms with Crippen molar-refractivity contribution in [2.24, 2.45) is 0 Å². The zero-order valence-corrected chi connectivity index (χ0v) is 16.6. The first-order valence-corrected chi connectivity index (χ1v) is 11.2. The van der Waals surface area contributed by atoms with Crippen molar-refractivity contribution in [1.29, 1.82) is 0 Å². The molecule has 3 rings (SSSR count). The first kappa shape index (κ1) is 19.4. The summed E-state index contributed by atoms with van der Waals surface area (Å²) in [7, 11) is -4.49. The van der Waals surface area contributed by atoms with E-state index in [0.717, 1.165) is 56.3 Å². The fourth-order valence-corrected chi connectivity index (χ4v) is 4.81. The molecule has 5 nitrogen and oxygen atoms in total. The summed E-state index contributed by atoms with van der Waals surface area (Å²) in [6, 6.07) is 10.2. The summed E-state index contributed by atoms with van der Waals surface area (Å²) in [5, 5.41) is 2.12. The maximum absolute atomic E-state index is 11.1. The van der Waals surface area contributed by atoms with Gasteiger partial charge in [0, 0.05) is 17.5 Å². The van der Waals surface area contributed by atoms with Gasteiger partial charge in [0.1, 0.15) is 5.75 Å². The van der Waals surface area contributed by atoms with E-state index in [9.17, 15) is 8.42 Å². The summed E-state index contributed by atoms with van der Waals surface area (Å²) < 4.78 is 35.9. The molecular weight excluding hydrogens is 370 g/mol. The molecule has 0 fully saturated rings. The molecular formula is C19H25NO4S2. The van der Waals surface area contributed by atoms with E-state index in [1.54, 1.807) is 23.5 Å². The molecule has 1 N–H and O–H groups in total. The SMILES string of the molecule is CCCN(CCc1cccs1)[C@H]1CCc2c(cccc2OS(=O)(=O)O)C1. The lowest BCUT2D eigenvalue weighted by molar-refractivity contribution is 0.181. The van der Waals surface area contributed by atoms with Crippen LogP contribution in [0.15, 0.2) is 35.7 Å². The van der Waals surface area contributed by atoms with E-state index in [2.05, 4.69) is 29.3 Å². The number of hydrogen-bond donors (Lipinski definition) is 1. The van der Waals surface area contributed by atoms with Crippen LogP contribution in [0.1, 0.15) is 35.8 Å². The molecule has 0 spiro atoms. The second-order valence-corrected chi connectivity index (χ2v) is 8.72. The van der Waals surface area contributed by atoms with E-state index in [1.807, 2.05) is 6.07 Å². The molecule has 0 aliphatic heterocycles. The number of fused-ring (bicyclic) bond motifs is 1. The Morgan fingerprint density at radius 3 is 2.81 bits per heavy atom. The van der Waals surface area contributed by atoms with Gasteiger partial charge < -0.3 is 4.18 Å². The van der Waals surface area contributed by atoms with E-state index in [1.165, 1.54) is 4.88 Å². The van der Waals surface area contributed by atoms with E-state index in [-0.39, 0.29) is 5.75 Å². The number of benzene rings is 1. The van der Waals surface area contributed by atoms with Crippen molar-refractivity contribution in [3.8, 4) is 5.75 Å². The molecule has 0 bridgehead atoms. The summed E-state index contributed by atoms with van der Waals surface area (Å²) in [5.41, 5.74) is 2.01. The summed E-state index contributed by atoms with van der Waals surface area (Å²) in [5.74, 6) is 0.254. The van der Waals surface area contributed by atoms with Crippen LogP contribution in [0.4, 0.5) is 0 Å². The monoisotopic (exact) mass is 395 g/mol. The highest BCUT2D eigenvalue weighted by Gasteiger charge is 2.26. The summed E-state index contributed by atoms with van der Waals surface area (Å²) in [6.45, 7) is 4.30. The van der Waals surface area contributed by atoms with Crippen LogP contribution in [0, 0.1) is 0 Å². The highest BCUT2D eigenvalue weighted by molar-refractivity contribution is 7.81. The third-order valence-electron chi connectivity index (χ3n) is 4.86. The molecule has 0 unspecified atom stereocenters. The third kappa shape index (κ3) is 5.07. The van der Waals surface area contributed by atoms with Crippen LogP contribution in [0.2, 0.25) is 0 Å². The maximum atomic E-state index is 11.1. The molecule has 1 aliphatic carbocycles. The van der Waals surface area contributed by atoms with E-state index < -0.39 is 10.4 Å². The van der Waals surface area contributed by atoms with Gasteiger partial charge in [-0.2, -0.15) is 8.42 Å². The summed E-state index contributed by atoms with van der Waals surface area (Å²) in [6.07, 6.45) is 4.77. The Kier molecular flexibility index (Phi) is 6.34. The van der Waals surface area contributed by atoms with Crippen molar-refractivity contribution in [3.05, 3.63) is 51.7 Å². The van der Waals surface area contributed by atoms with Crippen LogP contribution in [0.5, 0.6) is 5.75 Å². The van der Waals surface area contributed by atoms with Gasteiger partial charge in [0.2, 0.25) is 0 Å². The van der Waals surface area contributed by atoms with Gasteiger partial charge in [0.15, 0.2) is 0 Å². The summed E-state index contributed by atoms with van der Waals surface area (Å²) in [4.78, 5) is 3.96. The van der Waals surface area contributed by atoms with Crippen LogP contribution >= 0.6 is 11.3 Å². The highest BCUT2D eigenvalue weighted by atomic mass is 32.3. The zero-order valence-electron chi connectivity index (χ0n) is 14.9. The van der Waals surface area contributed by atoms with E-state index in [4.69, 9.17) is 8.74 Å². The average molecular weight is 396 g/mol. The van der Waals surface area contributed by atoms with E-state index in [0.29, 0.717) is 6.04 Å². The topological polar surface area (TPSA) is 66.8 Å². The van der Waals surface area contributed by atoms with Gasteiger partial charge in [0.25, 0.3) is 0 Å². The standard InChI is InChI=1S/C19H25NO4S2/c1-2-11-20(12-10-17-6-4-13-25-17)16-8-9-18-15(14-16)5-3-7-19(18)24-26(21,22)23/h3-7,13,16H,2,8-12,14H2,1H3,(H,21,22,23)/t16-/m0/s1. The molecule has 1 atom stereocenters. The van der Waals surface area contributed by atoms with Gasteiger partial charge in [-0.1, -0.05) is 25.1 Å². The molecule has 2 aromatic rings. The predicted molar refractivity (Wildman–Crippen MR) is 104 cm³/mol. The van der Waals surface area contributed by atoms with Crippen molar-refractivity contribution in [1.82, 2.24) is 4.90 Å². The molecule has 1 aromatic heterocycles. The fourth-order valence-electron chi connectivity index (χ4n) is 3.73. The minimum Gasteiger partial charge on any atom is -0.362 e. The largest absolute Gasteiger partial charge is 0.446 e. The van der Waals surface area contributed by atoms with Crippen molar-refractivity contribution in [2.45, 2.75) is 45.1 Å². The second-order valence-electron chi connectivity index (χ2n) is 6.67. The zero-order chi connectivity index (χ0) is 18.6. The van der Waals surface area contributed by atoms with Gasteiger partial charge >= 0.3 is 10.4 Å². The van der Waals surface area contributed by atoms with Crippen LogP contribution in [-0.2, 0) is 29.7 Å². The molecule has 0 saturated heterocycles. The van der Waals surface area contributed by atoms with Crippen molar-refractivity contribution in [2.75, 3.05) is 13.1 Å². The lowest BCUT2D eigenvalue weighted by Gasteiger charge is -2.35. The predicted octanol–water partition coefficient (Wildman–Crippen LogP) is 3.74. The Morgan fingerprint density at radius 2 is 2.12 bits per heavy atom. The number of hydrogen-bond acceptors (Lipinski definition) is 5. The molecule has 1 heterocycles. The van der Waals surface area contributed by atoms with Gasteiger partial charge in [-0.25, -0.2) is 0 Å². The number of nitrogens with zero attached hydrogens (tertiary/aromatic N) is 1. The molecule has 1 aliphatic rings. The fraction of sp³-hybridized carbons (Fsp3) is 0.474. The summed E-state index contributed by atoms with van der Waals surface area (Å²) >= 11 is 1.80. The average Bonchev–Trinajstić information content (AvgIpc) is 3.10. The lowest BCUT2D eigenvalue weighted by Crippen LogP contribution is -2.41. The van der Waals surface area contributed by atoms with Crippen molar-refractivity contribution >= 4 is 21.7 Å². The van der Waals surface area contributed by atoms with Crippen LogP contribution in [0.3, 0.4) is 0 Å². The van der Waals surface area contributed by atoms with Crippen molar-refractivity contribution in [3.63, 3.8) is 0 Å². The minimum absolute atomic E-state index is 0.254. The molecule has 0 radical (unpaired) electrons. The molecule has 142 valence electrons. The highest BCUT2D eigenvalue weighted by Crippen LogP contribution is 2.32. The van der Waals surface area contributed by atoms with Crippen LogP contribution in [0.25, 0.3) is 0 Å². The first-order valence-electron chi connectivity index (χ1n) is 9.00. The van der Waals surface area contributed by atoms with Crippen molar-refractivity contribution < 1.29 is 17.2 Å².